The van der Waals surface area contributed by atoms with Gasteiger partial charge < -0.3 is 0 Å². The summed E-state index contributed by atoms with van der Waals surface area (Å²) < 4.78 is 0. The van der Waals surface area contributed by atoms with Gasteiger partial charge in [-0.15, -0.1) is 0 Å². The van der Waals surface area contributed by atoms with Crippen LogP contribution in [0, 0.1) is 13.2 Å². The Labute approximate surface area is 111 Å². The summed E-state index contributed by atoms with van der Waals surface area (Å²) in [6, 6.07) is 0. The van der Waals surface area contributed by atoms with Crippen molar-refractivity contribution in [1.29, 1.82) is 0 Å². The number of hydrogen-bond acceptors (Lipinski definition) is 0. The van der Waals surface area contributed by atoms with Gasteiger partial charge in [-0.05, 0) is 0 Å². The SMILES string of the molecule is [CH-]=C(C)C=C(C)C.[CH-]=C(C)C=C(C)C.[Ti+2]. The van der Waals surface area contributed by atoms with Crippen LogP contribution in [0.2, 0.25) is 0 Å². The third-order valence-corrected chi connectivity index (χ3v) is 1.03. The van der Waals surface area contributed by atoms with Crippen molar-refractivity contribution in [2.75, 3.05) is 0 Å². The third-order valence-electron chi connectivity index (χ3n) is 1.03. The van der Waals surface area contributed by atoms with E-state index in [1.165, 1.54) is 11.1 Å². The molecule has 0 amide bonds. The van der Waals surface area contributed by atoms with Crippen LogP contribution in [0.25, 0.3) is 0 Å². The first-order valence-corrected chi connectivity index (χ1v) is 4.73. The van der Waals surface area contributed by atoms with Crippen LogP contribution in [-0.4, -0.2) is 0 Å². The summed E-state index contributed by atoms with van der Waals surface area (Å²) in [7, 11) is 0. The molecule has 0 aromatic rings. The van der Waals surface area contributed by atoms with Crippen molar-refractivity contribution in [2.24, 2.45) is 0 Å². The maximum atomic E-state index is 5.33. The van der Waals surface area contributed by atoms with Gasteiger partial charge in [-0.2, -0.15) is 11.1 Å². The number of rotatable bonds is 2. The Hall–Kier alpha value is -0.326. The van der Waals surface area contributed by atoms with Gasteiger partial charge in [-0.25, -0.2) is 23.3 Å². The summed E-state index contributed by atoms with van der Waals surface area (Å²) in [6.07, 6.45) is 3.89. The van der Waals surface area contributed by atoms with E-state index in [2.05, 4.69) is 0 Å². The molecule has 0 aromatic heterocycles. The van der Waals surface area contributed by atoms with E-state index < -0.39 is 0 Å². The van der Waals surface area contributed by atoms with Gasteiger partial charge in [0.05, 0.1) is 0 Å². The van der Waals surface area contributed by atoms with Gasteiger partial charge in [0.1, 0.15) is 0 Å². The quantitative estimate of drug-likeness (QED) is 0.373. The molecule has 0 saturated heterocycles. The molecule has 0 N–H and O–H groups in total. The molecule has 1 heteroatoms. The summed E-state index contributed by atoms with van der Waals surface area (Å²) in [5.74, 6) is 0. The zero-order valence-electron chi connectivity index (χ0n) is 10.8. The van der Waals surface area contributed by atoms with Crippen molar-refractivity contribution in [3.05, 3.63) is 47.6 Å². The van der Waals surface area contributed by atoms with Crippen LogP contribution < -0.4 is 0 Å². The van der Waals surface area contributed by atoms with E-state index in [-0.39, 0.29) is 21.7 Å². The molecule has 0 rings (SSSR count). The van der Waals surface area contributed by atoms with Crippen molar-refractivity contribution in [1.82, 2.24) is 0 Å². The summed E-state index contributed by atoms with van der Waals surface area (Å²) in [5.41, 5.74) is 4.25. The molecule has 0 saturated carbocycles. The largest absolute Gasteiger partial charge is 2.00 e. The second-order valence-corrected chi connectivity index (χ2v) is 3.93. The molecule has 0 heterocycles. The fourth-order valence-corrected chi connectivity index (χ4v) is 0.911. The molecule has 15 heavy (non-hydrogen) atoms. The van der Waals surface area contributed by atoms with Crippen LogP contribution in [0.4, 0.5) is 0 Å². The summed E-state index contributed by atoms with van der Waals surface area (Å²) in [6.45, 7) is 22.5. The Kier molecular flexibility index (Phi) is 15.8. The van der Waals surface area contributed by atoms with Crippen molar-refractivity contribution >= 4 is 0 Å². The van der Waals surface area contributed by atoms with Crippen LogP contribution in [0.1, 0.15) is 41.5 Å². The van der Waals surface area contributed by atoms with E-state index in [1.807, 2.05) is 53.7 Å². The van der Waals surface area contributed by atoms with E-state index in [9.17, 15) is 0 Å². The maximum absolute atomic E-state index is 5.33. The third kappa shape index (κ3) is 31.6. The topological polar surface area (TPSA) is 0 Å². The van der Waals surface area contributed by atoms with Crippen molar-refractivity contribution < 1.29 is 21.7 Å². The molecule has 0 aromatic carbocycles. The first-order chi connectivity index (χ1) is 6.25. The van der Waals surface area contributed by atoms with Crippen molar-refractivity contribution in [2.45, 2.75) is 41.5 Å². The predicted octanol–water partition coefficient (Wildman–Crippen LogP) is 4.66. The Balaban J connectivity index is -0.000000180. The summed E-state index contributed by atoms with van der Waals surface area (Å²) >= 11 is 0. The van der Waals surface area contributed by atoms with Gasteiger partial charge in [-0.3, -0.25) is 13.2 Å². The zero-order valence-corrected chi connectivity index (χ0v) is 12.4. The molecule has 0 bridgehead atoms. The Morgan fingerprint density at radius 3 is 0.867 bits per heavy atom. The predicted molar refractivity (Wildman–Crippen MR) is 65.8 cm³/mol. The van der Waals surface area contributed by atoms with Gasteiger partial charge >= 0.3 is 21.7 Å². The van der Waals surface area contributed by atoms with Gasteiger partial charge in [0.25, 0.3) is 0 Å². The smallest absolute Gasteiger partial charge is 0.290 e. The Morgan fingerprint density at radius 2 is 0.867 bits per heavy atom. The monoisotopic (exact) mass is 238 g/mol. The van der Waals surface area contributed by atoms with Crippen LogP contribution in [0.3, 0.4) is 0 Å². The normalized spacial score (nSPS) is 7.33. The molecule has 0 spiro atoms. The van der Waals surface area contributed by atoms with E-state index in [4.69, 9.17) is 13.2 Å². The molecule has 0 radical (unpaired) electrons. The summed E-state index contributed by atoms with van der Waals surface area (Å²) in [4.78, 5) is 0. The minimum Gasteiger partial charge on any atom is -0.290 e. The first kappa shape index (κ1) is 20.1. The average molecular weight is 238 g/mol. The van der Waals surface area contributed by atoms with Crippen LogP contribution in [-0.2, 0) is 21.7 Å². The maximum Gasteiger partial charge on any atom is 2.00 e. The van der Waals surface area contributed by atoms with E-state index in [0.717, 1.165) is 11.1 Å². The second-order valence-electron chi connectivity index (χ2n) is 3.93. The number of hydrogen-bond donors (Lipinski definition) is 0. The molecule has 0 aliphatic heterocycles. The van der Waals surface area contributed by atoms with Crippen molar-refractivity contribution in [3.8, 4) is 0 Å². The van der Waals surface area contributed by atoms with Gasteiger partial charge in [0.2, 0.25) is 0 Å². The molecule has 0 unspecified atom stereocenters. The zero-order chi connectivity index (χ0) is 11.7. The minimum absolute atomic E-state index is 0. The van der Waals surface area contributed by atoms with Gasteiger partial charge in [0.15, 0.2) is 0 Å². The van der Waals surface area contributed by atoms with E-state index in [1.54, 1.807) is 0 Å². The average Bonchev–Trinajstić information content (AvgIpc) is 1.79. The van der Waals surface area contributed by atoms with Gasteiger partial charge in [0, 0.05) is 0 Å². The second kappa shape index (κ2) is 11.7. The van der Waals surface area contributed by atoms with Crippen LogP contribution in [0.15, 0.2) is 34.4 Å². The molecule has 0 aliphatic carbocycles. The van der Waals surface area contributed by atoms with Crippen LogP contribution in [0.5, 0.6) is 0 Å². The van der Waals surface area contributed by atoms with E-state index in [0.29, 0.717) is 0 Å². The Bertz CT molecular complexity index is 219. The fraction of sp³-hybridized carbons (Fsp3) is 0.429. The molecular formula is C14H22Ti. The molecule has 0 aliphatic rings. The molecule has 0 fully saturated rings. The molecule has 0 atom stereocenters. The molecular weight excluding hydrogens is 216 g/mol. The summed E-state index contributed by atoms with van der Waals surface area (Å²) in [5, 5.41) is 0. The Morgan fingerprint density at radius 1 is 0.667 bits per heavy atom. The number of allylic oxidation sites excluding steroid dienone is 6. The minimum atomic E-state index is 0. The molecule has 0 nitrogen and oxygen atoms in total. The first-order valence-electron chi connectivity index (χ1n) is 4.73. The van der Waals surface area contributed by atoms with Crippen LogP contribution >= 0.6 is 0 Å². The molecule has 82 valence electrons. The fourth-order valence-electron chi connectivity index (χ4n) is 0.911. The standard InChI is InChI=1S/2C7H11.Ti/c2*1-6(2)5-7(3)4;/h2*1,5H,2-4H3;/q2*-1;+2. The van der Waals surface area contributed by atoms with E-state index >= 15 is 0 Å². The van der Waals surface area contributed by atoms with Gasteiger partial charge in [-0.1, -0.05) is 41.5 Å². The van der Waals surface area contributed by atoms with Crippen molar-refractivity contribution in [3.63, 3.8) is 0 Å².